The molecule has 108 valence electrons. The van der Waals surface area contributed by atoms with E-state index in [2.05, 4.69) is 41.5 Å². The number of hydrogen-bond acceptors (Lipinski definition) is 4. The van der Waals surface area contributed by atoms with Crippen LogP contribution in [0.3, 0.4) is 0 Å². The number of rotatable bonds is 6. The molecule has 0 aliphatic heterocycles. The minimum absolute atomic E-state index is 0.380. The zero-order chi connectivity index (χ0) is 14.5. The number of pyridine rings is 1. The number of nitrogens with zero attached hydrogens (tertiary/aromatic N) is 2. The van der Waals surface area contributed by atoms with E-state index in [0.717, 1.165) is 30.6 Å². The lowest BCUT2D eigenvalue weighted by Crippen LogP contribution is -2.33. The second kappa shape index (κ2) is 6.78. The standard InChI is InChI=1S/C17H19N3S/c1-2-18-14(11-13-7-5-6-10-19-13)12-17-20-15-8-3-4-9-16(15)21-17/h3-10,14,18H,2,11-12H2,1H3. The van der Waals surface area contributed by atoms with E-state index in [9.17, 15) is 0 Å². The molecule has 1 N–H and O–H groups in total. The summed E-state index contributed by atoms with van der Waals surface area (Å²) in [6.07, 6.45) is 3.74. The SMILES string of the molecule is CCNC(Cc1ccccn1)Cc1nc2ccccc2s1. The van der Waals surface area contributed by atoms with Gasteiger partial charge in [0.15, 0.2) is 0 Å². The highest BCUT2D eigenvalue weighted by Gasteiger charge is 2.13. The topological polar surface area (TPSA) is 37.8 Å². The van der Waals surface area contributed by atoms with Crippen molar-refractivity contribution >= 4 is 21.6 Å². The van der Waals surface area contributed by atoms with Gasteiger partial charge in [0.1, 0.15) is 0 Å². The predicted molar refractivity (Wildman–Crippen MR) is 88.7 cm³/mol. The average molecular weight is 297 g/mol. The molecule has 2 aromatic heterocycles. The first-order valence-corrected chi connectivity index (χ1v) is 8.14. The van der Waals surface area contributed by atoms with Crippen molar-refractivity contribution in [1.82, 2.24) is 15.3 Å². The van der Waals surface area contributed by atoms with Gasteiger partial charge in [-0.25, -0.2) is 4.98 Å². The second-order valence-corrected chi connectivity index (χ2v) is 6.17. The number of fused-ring (bicyclic) bond motifs is 1. The first-order chi connectivity index (χ1) is 10.3. The van der Waals surface area contributed by atoms with Gasteiger partial charge in [-0.3, -0.25) is 4.98 Å². The van der Waals surface area contributed by atoms with Gasteiger partial charge in [0.2, 0.25) is 0 Å². The number of likely N-dealkylation sites (N-methyl/N-ethyl adjacent to an activating group) is 1. The molecular formula is C17H19N3S. The molecule has 0 aliphatic rings. The molecule has 0 saturated heterocycles. The van der Waals surface area contributed by atoms with Crippen LogP contribution in [0.2, 0.25) is 0 Å². The van der Waals surface area contributed by atoms with E-state index in [1.54, 1.807) is 11.3 Å². The third-order valence-electron chi connectivity index (χ3n) is 3.43. The third-order valence-corrected chi connectivity index (χ3v) is 4.49. The van der Waals surface area contributed by atoms with Crippen LogP contribution in [0, 0.1) is 0 Å². The first kappa shape index (κ1) is 14.2. The molecule has 2 heterocycles. The maximum absolute atomic E-state index is 4.73. The Hall–Kier alpha value is -1.78. The van der Waals surface area contributed by atoms with Crippen molar-refractivity contribution in [3.63, 3.8) is 0 Å². The Labute approximate surface area is 129 Å². The molecule has 0 amide bonds. The summed E-state index contributed by atoms with van der Waals surface area (Å²) in [5, 5.41) is 4.74. The van der Waals surface area contributed by atoms with Gasteiger partial charge in [0, 0.05) is 30.8 Å². The molecule has 4 heteroatoms. The zero-order valence-electron chi connectivity index (χ0n) is 12.1. The van der Waals surface area contributed by atoms with Gasteiger partial charge in [-0.15, -0.1) is 11.3 Å². The van der Waals surface area contributed by atoms with E-state index in [-0.39, 0.29) is 0 Å². The van der Waals surface area contributed by atoms with Crippen LogP contribution in [0.1, 0.15) is 17.6 Å². The monoisotopic (exact) mass is 297 g/mol. The average Bonchev–Trinajstić information content (AvgIpc) is 2.90. The van der Waals surface area contributed by atoms with Crippen molar-refractivity contribution in [1.29, 1.82) is 0 Å². The lowest BCUT2D eigenvalue weighted by atomic mass is 10.1. The quantitative estimate of drug-likeness (QED) is 0.757. The molecule has 1 unspecified atom stereocenters. The highest BCUT2D eigenvalue weighted by molar-refractivity contribution is 7.18. The summed E-state index contributed by atoms with van der Waals surface area (Å²) >= 11 is 1.79. The van der Waals surface area contributed by atoms with Crippen LogP contribution in [-0.2, 0) is 12.8 Å². The minimum Gasteiger partial charge on any atom is -0.313 e. The van der Waals surface area contributed by atoms with Crippen molar-refractivity contribution < 1.29 is 0 Å². The van der Waals surface area contributed by atoms with E-state index in [1.807, 2.05) is 24.4 Å². The minimum atomic E-state index is 0.380. The van der Waals surface area contributed by atoms with Crippen molar-refractivity contribution in [3.8, 4) is 0 Å². The summed E-state index contributed by atoms with van der Waals surface area (Å²) in [5.74, 6) is 0. The fourth-order valence-electron chi connectivity index (χ4n) is 2.49. The number of aromatic nitrogens is 2. The lowest BCUT2D eigenvalue weighted by Gasteiger charge is -2.16. The second-order valence-electron chi connectivity index (χ2n) is 5.06. The smallest absolute Gasteiger partial charge is 0.0954 e. The number of thiazole rings is 1. The normalized spacial score (nSPS) is 12.6. The van der Waals surface area contributed by atoms with Crippen LogP contribution in [0.4, 0.5) is 0 Å². The Balaban J connectivity index is 1.75. The molecule has 0 bridgehead atoms. The molecule has 0 spiro atoms. The predicted octanol–water partition coefficient (Wildman–Crippen LogP) is 3.45. The fraction of sp³-hybridized carbons (Fsp3) is 0.294. The lowest BCUT2D eigenvalue weighted by molar-refractivity contribution is 0.516. The summed E-state index contributed by atoms with van der Waals surface area (Å²) < 4.78 is 1.26. The molecule has 1 aromatic carbocycles. The van der Waals surface area contributed by atoms with Gasteiger partial charge in [-0.2, -0.15) is 0 Å². The van der Waals surface area contributed by atoms with Crippen molar-refractivity contribution in [2.24, 2.45) is 0 Å². The maximum atomic E-state index is 4.73. The van der Waals surface area contributed by atoms with Gasteiger partial charge in [0.25, 0.3) is 0 Å². The molecule has 0 radical (unpaired) electrons. The van der Waals surface area contributed by atoms with Crippen LogP contribution >= 0.6 is 11.3 Å². The third kappa shape index (κ3) is 3.65. The summed E-state index contributed by atoms with van der Waals surface area (Å²) in [4.78, 5) is 9.16. The number of benzene rings is 1. The van der Waals surface area contributed by atoms with E-state index >= 15 is 0 Å². The van der Waals surface area contributed by atoms with Crippen molar-refractivity contribution in [2.45, 2.75) is 25.8 Å². The largest absolute Gasteiger partial charge is 0.313 e. The van der Waals surface area contributed by atoms with E-state index in [1.165, 1.54) is 9.71 Å². The molecule has 3 nitrogen and oxygen atoms in total. The molecule has 3 aromatic rings. The summed E-state index contributed by atoms with van der Waals surface area (Å²) in [6, 6.07) is 14.8. The van der Waals surface area contributed by atoms with Crippen LogP contribution in [0.5, 0.6) is 0 Å². The van der Waals surface area contributed by atoms with Gasteiger partial charge in [0.05, 0.1) is 15.2 Å². The van der Waals surface area contributed by atoms with Crippen molar-refractivity contribution in [3.05, 3.63) is 59.4 Å². The molecule has 0 saturated carbocycles. The van der Waals surface area contributed by atoms with Crippen LogP contribution in [0.15, 0.2) is 48.7 Å². The van der Waals surface area contributed by atoms with Gasteiger partial charge >= 0.3 is 0 Å². The molecule has 3 rings (SSSR count). The first-order valence-electron chi connectivity index (χ1n) is 7.33. The number of nitrogens with one attached hydrogen (secondary N) is 1. The summed E-state index contributed by atoms with van der Waals surface area (Å²) in [5.41, 5.74) is 2.23. The van der Waals surface area contributed by atoms with Crippen LogP contribution < -0.4 is 5.32 Å². The van der Waals surface area contributed by atoms with Crippen LogP contribution in [-0.4, -0.2) is 22.6 Å². The highest BCUT2D eigenvalue weighted by Crippen LogP contribution is 2.22. The van der Waals surface area contributed by atoms with Gasteiger partial charge in [-0.1, -0.05) is 25.1 Å². The number of hydrogen-bond donors (Lipinski definition) is 1. The molecule has 21 heavy (non-hydrogen) atoms. The Kier molecular flexibility index (Phi) is 4.58. The van der Waals surface area contributed by atoms with E-state index < -0.39 is 0 Å². The fourth-order valence-corrected chi connectivity index (χ4v) is 3.54. The van der Waals surface area contributed by atoms with E-state index in [0.29, 0.717) is 6.04 Å². The Morgan fingerprint density at radius 2 is 1.95 bits per heavy atom. The molecule has 0 aliphatic carbocycles. The van der Waals surface area contributed by atoms with Gasteiger partial charge < -0.3 is 5.32 Å². The summed E-state index contributed by atoms with van der Waals surface area (Å²) in [7, 11) is 0. The highest BCUT2D eigenvalue weighted by atomic mass is 32.1. The van der Waals surface area contributed by atoms with E-state index in [4.69, 9.17) is 4.98 Å². The molecular weight excluding hydrogens is 278 g/mol. The van der Waals surface area contributed by atoms with Crippen LogP contribution in [0.25, 0.3) is 10.2 Å². The Morgan fingerprint density at radius 3 is 2.71 bits per heavy atom. The summed E-state index contributed by atoms with van der Waals surface area (Å²) in [6.45, 7) is 3.10. The maximum Gasteiger partial charge on any atom is 0.0954 e. The molecule has 1 atom stereocenters. The number of para-hydroxylation sites is 1. The Bertz CT molecular complexity index is 660. The van der Waals surface area contributed by atoms with Gasteiger partial charge in [-0.05, 0) is 30.8 Å². The molecule has 0 fully saturated rings. The Morgan fingerprint density at radius 1 is 1.10 bits per heavy atom. The van der Waals surface area contributed by atoms with Crippen molar-refractivity contribution in [2.75, 3.05) is 6.54 Å². The zero-order valence-corrected chi connectivity index (χ0v) is 12.9.